The van der Waals surface area contributed by atoms with Crippen molar-refractivity contribution in [3.05, 3.63) is 12.2 Å². The van der Waals surface area contributed by atoms with E-state index >= 15 is 0 Å². The van der Waals surface area contributed by atoms with Crippen LogP contribution in [0.2, 0.25) is 0 Å². The Labute approximate surface area is 185 Å². The first-order valence-corrected chi connectivity index (χ1v) is 13.1. The summed E-state index contributed by atoms with van der Waals surface area (Å²) in [5.74, 6) is 3.79. The van der Waals surface area contributed by atoms with Gasteiger partial charge in [-0.05, 0) is 102 Å². The highest BCUT2D eigenvalue weighted by atomic mass is 16.1. The molecule has 0 unspecified atom stereocenters. The lowest BCUT2D eigenvalue weighted by molar-refractivity contribution is -0.184. The molecule has 1 heteroatoms. The molecule has 5 rings (SSSR count). The molecule has 0 bridgehead atoms. The standard InChI is InChI=1S/C29H46O/c1-19-23(30)9-8-21-20-10-13-29(7)24-18-25(2,3)14-15-26(24,4)16-17-28(29,6)22(20)11-12-27(19,21)5/h10,13,19-22,24H,8-9,11-12,14-18H2,1-7H3/t19-,20+,21-,22-,24-,26+,27+,28+,29-/m0/s1. The van der Waals surface area contributed by atoms with Crippen molar-refractivity contribution in [1.82, 2.24) is 0 Å². The van der Waals surface area contributed by atoms with Gasteiger partial charge in [-0.2, -0.15) is 0 Å². The SMILES string of the molecule is C[C@H]1C(=O)CC[C@H]2[C@H]3C=C[C@@]4(C)[C@H]5CC(C)(C)CC[C@]5(C)CC[C@]4(C)[C@H]3CC[C@]12C. The summed E-state index contributed by atoms with van der Waals surface area (Å²) >= 11 is 0. The Morgan fingerprint density at radius 2 is 1.57 bits per heavy atom. The molecule has 5 aliphatic rings. The molecule has 0 heterocycles. The lowest BCUT2D eigenvalue weighted by Crippen LogP contribution is -2.63. The number of Topliss-reactive ketones (excluding diaryl/α,β-unsaturated/α-hetero) is 1. The largest absolute Gasteiger partial charge is 0.299 e. The van der Waals surface area contributed by atoms with Crippen LogP contribution in [0.15, 0.2) is 12.2 Å². The molecule has 5 aliphatic carbocycles. The quantitative estimate of drug-likeness (QED) is 0.372. The number of hydrogen-bond acceptors (Lipinski definition) is 1. The Morgan fingerprint density at radius 1 is 0.867 bits per heavy atom. The summed E-state index contributed by atoms with van der Waals surface area (Å²) in [4.78, 5) is 12.6. The average molecular weight is 411 g/mol. The van der Waals surface area contributed by atoms with E-state index in [-0.39, 0.29) is 11.3 Å². The third-order valence-corrected chi connectivity index (χ3v) is 12.6. The number of fused-ring (bicyclic) bond motifs is 7. The Bertz CT molecular complexity index is 777. The monoisotopic (exact) mass is 410 g/mol. The van der Waals surface area contributed by atoms with E-state index in [1.54, 1.807) is 0 Å². The zero-order valence-electron chi connectivity index (χ0n) is 20.8. The fraction of sp³-hybridized carbons (Fsp3) is 0.897. The first-order valence-electron chi connectivity index (χ1n) is 13.1. The molecule has 1 nitrogen and oxygen atoms in total. The van der Waals surface area contributed by atoms with Crippen LogP contribution in [0.1, 0.15) is 106 Å². The van der Waals surface area contributed by atoms with Gasteiger partial charge in [0.05, 0.1) is 0 Å². The number of carbonyl (C=O) groups excluding carboxylic acids is 1. The highest BCUT2D eigenvalue weighted by Gasteiger charge is 2.66. The second kappa shape index (κ2) is 6.26. The molecule has 168 valence electrons. The van der Waals surface area contributed by atoms with Crippen LogP contribution < -0.4 is 0 Å². The maximum Gasteiger partial charge on any atom is 0.136 e. The second-order valence-corrected chi connectivity index (χ2v) is 14.2. The lowest BCUT2D eigenvalue weighted by Gasteiger charge is -2.70. The van der Waals surface area contributed by atoms with Gasteiger partial charge in [-0.25, -0.2) is 0 Å². The third-order valence-electron chi connectivity index (χ3n) is 12.6. The van der Waals surface area contributed by atoms with Crippen LogP contribution in [-0.2, 0) is 4.79 Å². The van der Waals surface area contributed by atoms with Gasteiger partial charge in [0.15, 0.2) is 0 Å². The predicted molar refractivity (Wildman–Crippen MR) is 125 cm³/mol. The van der Waals surface area contributed by atoms with E-state index in [0.717, 1.165) is 24.7 Å². The summed E-state index contributed by atoms with van der Waals surface area (Å²) in [7, 11) is 0. The van der Waals surface area contributed by atoms with Crippen molar-refractivity contribution < 1.29 is 4.79 Å². The zero-order valence-corrected chi connectivity index (χ0v) is 20.8. The molecule has 0 saturated heterocycles. The molecular weight excluding hydrogens is 364 g/mol. The number of allylic oxidation sites excluding steroid dienone is 2. The van der Waals surface area contributed by atoms with E-state index in [2.05, 4.69) is 60.6 Å². The van der Waals surface area contributed by atoms with Crippen LogP contribution in [-0.4, -0.2) is 5.78 Å². The Balaban J connectivity index is 1.56. The van der Waals surface area contributed by atoms with Crippen LogP contribution in [0.5, 0.6) is 0 Å². The molecule has 30 heavy (non-hydrogen) atoms. The number of rotatable bonds is 0. The van der Waals surface area contributed by atoms with Crippen LogP contribution >= 0.6 is 0 Å². The average Bonchev–Trinajstić information content (AvgIpc) is 2.68. The van der Waals surface area contributed by atoms with E-state index in [4.69, 9.17) is 0 Å². The van der Waals surface area contributed by atoms with Crippen LogP contribution in [0.3, 0.4) is 0 Å². The lowest BCUT2D eigenvalue weighted by atomic mass is 9.34. The summed E-state index contributed by atoms with van der Waals surface area (Å²) in [6.07, 6.45) is 17.0. The third kappa shape index (κ3) is 2.56. The molecule has 0 radical (unpaired) electrons. The number of ketones is 1. The van der Waals surface area contributed by atoms with Gasteiger partial charge in [0.2, 0.25) is 0 Å². The van der Waals surface area contributed by atoms with Crippen LogP contribution in [0, 0.1) is 56.7 Å². The second-order valence-electron chi connectivity index (χ2n) is 14.2. The first kappa shape index (κ1) is 21.3. The van der Waals surface area contributed by atoms with Gasteiger partial charge in [0.25, 0.3) is 0 Å². The fourth-order valence-corrected chi connectivity index (χ4v) is 9.87. The Kier molecular flexibility index (Phi) is 4.43. The van der Waals surface area contributed by atoms with E-state index in [0.29, 0.717) is 39.3 Å². The normalized spacial score (nSPS) is 57.0. The molecule has 0 aromatic rings. The molecule has 0 aromatic carbocycles. The zero-order chi connectivity index (χ0) is 21.7. The molecule has 0 amide bonds. The fourth-order valence-electron chi connectivity index (χ4n) is 9.87. The van der Waals surface area contributed by atoms with Gasteiger partial charge in [0, 0.05) is 12.3 Å². The molecular formula is C29H46O. The molecule has 0 aliphatic heterocycles. The van der Waals surface area contributed by atoms with Crippen molar-refractivity contribution >= 4 is 5.78 Å². The van der Waals surface area contributed by atoms with Gasteiger partial charge in [0.1, 0.15) is 5.78 Å². The van der Waals surface area contributed by atoms with Crippen molar-refractivity contribution in [3.63, 3.8) is 0 Å². The maximum atomic E-state index is 12.6. The number of hydrogen-bond donors (Lipinski definition) is 0. The van der Waals surface area contributed by atoms with Crippen molar-refractivity contribution in [2.75, 3.05) is 0 Å². The highest BCUT2D eigenvalue weighted by molar-refractivity contribution is 5.82. The number of carbonyl (C=O) groups is 1. The van der Waals surface area contributed by atoms with E-state index < -0.39 is 0 Å². The summed E-state index contributed by atoms with van der Waals surface area (Å²) in [6.45, 7) is 17.7. The van der Waals surface area contributed by atoms with Crippen molar-refractivity contribution in [1.29, 1.82) is 0 Å². The molecule has 4 fully saturated rings. The molecule has 0 spiro atoms. The molecule has 9 atom stereocenters. The van der Waals surface area contributed by atoms with Gasteiger partial charge < -0.3 is 0 Å². The molecule has 4 saturated carbocycles. The van der Waals surface area contributed by atoms with Gasteiger partial charge >= 0.3 is 0 Å². The van der Waals surface area contributed by atoms with Crippen molar-refractivity contribution in [2.24, 2.45) is 56.7 Å². The maximum absolute atomic E-state index is 12.6. The minimum Gasteiger partial charge on any atom is -0.299 e. The summed E-state index contributed by atoms with van der Waals surface area (Å²) < 4.78 is 0. The van der Waals surface area contributed by atoms with E-state index in [1.807, 2.05) is 0 Å². The van der Waals surface area contributed by atoms with Gasteiger partial charge in [-0.1, -0.05) is 60.6 Å². The van der Waals surface area contributed by atoms with E-state index in [1.165, 1.54) is 44.9 Å². The molecule has 0 N–H and O–H groups in total. The molecule has 0 aromatic heterocycles. The van der Waals surface area contributed by atoms with Crippen molar-refractivity contribution in [2.45, 2.75) is 106 Å². The van der Waals surface area contributed by atoms with E-state index in [9.17, 15) is 4.79 Å². The van der Waals surface area contributed by atoms with Gasteiger partial charge in [-0.15, -0.1) is 0 Å². The topological polar surface area (TPSA) is 17.1 Å². The summed E-state index contributed by atoms with van der Waals surface area (Å²) in [5.41, 5.74) is 1.97. The van der Waals surface area contributed by atoms with Crippen LogP contribution in [0.4, 0.5) is 0 Å². The Hall–Kier alpha value is -0.590. The minimum absolute atomic E-state index is 0.223. The van der Waals surface area contributed by atoms with Gasteiger partial charge in [-0.3, -0.25) is 4.79 Å². The highest BCUT2D eigenvalue weighted by Crippen LogP contribution is 2.73. The van der Waals surface area contributed by atoms with Crippen molar-refractivity contribution in [3.8, 4) is 0 Å². The predicted octanol–water partition coefficient (Wildman–Crippen LogP) is 7.84. The Morgan fingerprint density at radius 3 is 2.30 bits per heavy atom. The minimum atomic E-state index is 0.223. The first-order chi connectivity index (χ1) is 13.9. The smallest absolute Gasteiger partial charge is 0.136 e. The van der Waals surface area contributed by atoms with Crippen LogP contribution in [0.25, 0.3) is 0 Å². The summed E-state index contributed by atoms with van der Waals surface area (Å²) in [6, 6.07) is 0. The summed E-state index contributed by atoms with van der Waals surface area (Å²) in [5, 5.41) is 0.